The van der Waals surface area contributed by atoms with Crippen molar-refractivity contribution in [2.45, 2.75) is 18.2 Å². The number of amides is 2. The molecule has 0 unspecified atom stereocenters. The Hall–Kier alpha value is -2.19. The first-order chi connectivity index (χ1) is 12.4. The highest BCUT2D eigenvalue weighted by atomic mass is 16.5. The number of methoxy groups -OCH3 is 1. The third-order valence-electron chi connectivity index (χ3n) is 5.58. The molecule has 3 aliphatic rings. The fraction of sp³-hybridized carbons (Fsp3) is 0.611. The molecule has 0 aromatic carbocycles. The predicted molar refractivity (Wildman–Crippen MR) is 91.9 cm³/mol. The molecule has 4 heterocycles. The number of fused-ring (bicyclic) bond motifs is 1. The van der Waals surface area contributed by atoms with Gasteiger partial charge in [-0.3, -0.25) is 14.3 Å². The van der Waals surface area contributed by atoms with Gasteiger partial charge in [-0.15, -0.1) is 0 Å². The molecule has 26 heavy (non-hydrogen) atoms. The highest BCUT2D eigenvalue weighted by molar-refractivity contribution is 5.93. The van der Waals surface area contributed by atoms with Crippen LogP contribution in [0.25, 0.3) is 0 Å². The van der Waals surface area contributed by atoms with Gasteiger partial charge in [0.2, 0.25) is 11.8 Å². The van der Waals surface area contributed by atoms with E-state index in [1.807, 2.05) is 25.4 Å². The molecule has 0 aliphatic carbocycles. The molecule has 1 spiro atoms. The summed E-state index contributed by atoms with van der Waals surface area (Å²) in [5.41, 5.74) is 0.294. The van der Waals surface area contributed by atoms with Gasteiger partial charge in [-0.1, -0.05) is 12.2 Å². The molecule has 8 nitrogen and oxygen atoms in total. The number of carbonyl (C=O) groups is 2. The molecule has 2 bridgehead atoms. The number of hydrogen-bond donors (Lipinski definition) is 0. The number of likely N-dealkylation sites (tertiary alicyclic amines) is 1. The predicted octanol–water partition coefficient (Wildman–Crippen LogP) is -0.193. The summed E-state index contributed by atoms with van der Waals surface area (Å²) < 4.78 is 12.9. The molecular formula is C18H24N4O4. The van der Waals surface area contributed by atoms with E-state index in [9.17, 15) is 9.59 Å². The van der Waals surface area contributed by atoms with E-state index < -0.39 is 17.4 Å². The number of aromatic nitrogens is 2. The highest BCUT2D eigenvalue weighted by Gasteiger charge is 2.66. The standard InChI is InChI=1S/C18H24N4O4/c1-20(9-12-8-19-21(2)10-12)16(23)14-13-4-5-18(26-13)11-22(6-7-25-3)17(24)15(14)18/h4-5,8,10,13-15H,6-7,9,11H2,1-3H3/t13-,14-,15+,18-/m0/s1. The summed E-state index contributed by atoms with van der Waals surface area (Å²) in [5.74, 6) is -0.987. The van der Waals surface area contributed by atoms with Crippen molar-refractivity contribution >= 4 is 11.8 Å². The zero-order chi connectivity index (χ0) is 18.5. The number of rotatable bonds is 6. The smallest absolute Gasteiger partial charge is 0.230 e. The minimum atomic E-state index is -0.662. The van der Waals surface area contributed by atoms with Crippen molar-refractivity contribution in [3.8, 4) is 0 Å². The van der Waals surface area contributed by atoms with Gasteiger partial charge in [0.05, 0.1) is 37.3 Å². The quantitative estimate of drug-likeness (QED) is 0.657. The largest absolute Gasteiger partial charge is 0.383 e. The highest BCUT2D eigenvalue weighted by Crippen LogP contribution is 2.52. The van der Waals surface area contributed by atoms with E-state index in [2.05, 4.69) is 5.10 Å². The molecule has 4 rings (SSSR count). The summed E-state index contributed by atoms with van der Waals surface area (Å²) in [6.07, 6.45) is 7.21. The molecular weight excluding hydrogens is 336 g/mol. The molecule has 8 heteroatoms. The third-order valence-corrected chi connectivity index (χ3v) is 5.58. The lowest BCUT2D eigenvalue weighted by molar-refractivity contribution is -0.142. The molecule has 140 valence electrons. The van der Waals surface area contributed by atoms with E-state index in [1.54, 1.807) is 34.8 Å². The van der Waals surface area contributed by atoms with Crippen LogP contribution in [0.1, 0.15) is 5.56 Å². The van der Waals surface area contributed by atoms with Crippen molar-refractivity contribution in [1.82, 2.24) is 19.6 Å². The Morgan fingerprint density at radius 2 is 2.35 bits per heavy atom. The van der Waals surface area contributed by atoms with Gasteiger partial charge < -0.3 is 19.3 Å². The van der Waals surface area contributed by atoms with Gasteiger partial charge in [0.25, 0.3) is 0 Å². The van der Waals surface area contributed by atoms with Crippen LogP contribution >= 0.6 is 0 Å². The summed E-state index contributed by atoms with van der Waals surface area (Å²) in [6.45, 7) is 1.94. The number of aryl methyl sites for hydroxylation is 1. The third kappa shape index (κ3) is 2.55. The van der Waals surface area contributed by atoms with Crippen LogP contribution in [0.3, 0.4) is 0 Å². The van der Waals surface area contributed by atoms with E-state index in [4.69, 9.17) is 9.47 Å². The fourth-order valence-corrected chi connectivity index (χ4v) is 4.41. The zero-order valence-corrected chi connectivity index (χ0v) is 15.3. The van der Waals surface area contributed by atoms with E-state index in [-0.39, 0.29) is 17.9 Å². The number of hydrogen-bond acceptors (Lipinski definition) is 5. The first kappa shape index (κ1) is 17.2. The van der Waals surface area contributed by atoms with Crippen LogP contribution in [0, 0.1) is 11.8 Å². The van der Waals surface area contributed by atoms with Crippen molar-refractivity contribution in [3.05, 3.63) is 30.1 Å². The molecule has 2 amide bonds. The molecule has 1 aromatic rings. The second kappa shape index (κ2) is 6.21. The number of carbonyl (C=O) groups excluding carboxylic acids is 2. The Kier molecular flexibility index (Phi) is 4.11. The van der Waals surface area contributed by atoms with E-state index in [0.717, 1.165) is 5.56 Å². The van der Waals surface area contributed by atoms with Gasteiger partial charge in [0, 0.05) is 46.1 Å². The van der Waals surface area contributed by atoms with E-state index in [0.29, 0.717) is 26.2 Å². The van der Waals surface area contributed by atoms with Gasteiger partial charge in [0.1, 0.15) is 5.60 Å². The maximum Gasteiger partial charge on any atom is 0.230 e. The maximum absolute atomic E-state index is 13.1. The van der Waals surface area contributed by atoms with E-state index >= 15 is 0 Å². The van der Waals surface area contributed by atoms with Crippen molar-refractivity contribution in [2.24, 2.45) is 18.9 Å². The van der Waals surface area contributed by atoms with Crippen LogP contribution in [0.2, 0.25) is 0 Å². The number of nitrogens with zero attached hydrogens (tertiary/aromatic N) is 4. The summed E-state index contributed by atoms with van der Waals surface area (Å²) in [4.78, 5) is 29.5. The Morgan fingerprint density at radius 3 is 3.04 bits per heavy atom. The van der Waals surface area contributed by atoms with Gasteiger partial charge in [-0.2, -0.15) is 5.10 Å². The lowest BCUT2D eigenvalue weighted by atomic mass is 9.76. The summed E-state index contributed by atoms with van der Waals surface area (Å²) in [6, 6.07) is 0. The summed E-state index contributed by atoms with van der Waals surface area (Å²) in [5, 5.41) is 4.14. The first-order valence-electron chi connectivity index (χ1n) is 8.82. The molecule has 4 atom stereocenters. The normalized spacial score (nSPS) is 31.7. The van der Waals surface area contributed by atoms with Gasteiger partial charge >= 0.3 is 0 Å². The second-order valence-corrected chi connectivity index (χ2v) is 7.37. The Balaban J connectivity index is 1.52. The van der Waals surface area contributed by atoms with Crippen molar-refractivity contribution in [2.75, 3.05) is 33.9 Å². The van der Waals surface area contributed by atoms with Crippen molar-refractivity contribution in [3.63, 3.8) is 0 Å². The Bertz CT molecular complexity index is 760. The molecule has 2 fully saturated rings. The SMILES string of the molecule is COCCN1C[C@]23C=C[C@H](O2)[C@H](C(=O)N(C)Cc2cnn(C)c2)[C@@H]3C1=O. The fourth-order valence-electron chi connectivity index (χ4n) is 4.41. The minimum Gasteiger partial charge on any atom is -0.383 e. The van der Waals surface area contributed by atoms with Crippen LogP contribution in [-0.4, -0.2) is 77.0 Å². The Labute approximate surface area is 152 Å². The van der Waals surface area contributed by atoms with Crippen LogP contribution in [0.4, 0.5) is 0 Å². The van der Waals surface area contributed by atoms with Crippen LogP contribution in [0.15, 0.2) is 24.5 Å². The molecule has 0 radical (unpaired) electrons. The maximum atomic E-state index is 13.1. The molecule has 2 saturated heterocycles. The monoisotopic (exact) mass is 360 g/mol. The number of ether oxygens (including phenoxy) is 2. The molecule has 1 aromatic heterocycles. The first-order valence-corrected chi connectivity index (χ1v) is 8.82. The molecule has 3 aliphatic heterocycles. The van der Waals surface area contributed by atoms with Crippen LogP contribution < -0.4 is 0 Å². The Morgan fingerprint density at radius 1 is 1.54 bits per heavy atom. The lowest BCUT2D eigenvalue weighted by Gasteiger charge is -2.27. The molecule has 0 N–H and O–H groups in total. The van der Waals surface area contributed by atoms with Gasteiger partial charge in [-0.05, 0) is 0 Å². The van der Waals surface area contributed by atoms with Gasteiger partial charge in [-0.25, -0.2) is 0 Å². The average molecular weight is 360 g/mol. The van der Waals surface area contributed by atoms with Crippen LogP contribution in [-0.2, 0) is 32.7 Å². The van der Waals surface area contributed by atoms with Crippen molar-refractivity contribution < 1.29 is 19.1 Å². The summed E-state index contributed by atoms with van der Waals surface area (Å²) in [7, 11) is 5.22. The van der Waals surface area contributed by atoms with Gasteiger partial charge in [0.15, 0.2) is 0 Å². The van der Waals surface area contributed by atoms with Crippen LogP contribution in [0.5, 0.6) is 0 Å². The minimum absolute atomic E-state index is 0.0120. The lowest BCUT2D eigenvalue weighted by Crippen LogP contribution is -2.44. The van der Waals surface area contributed by atoms with E-state index in [1.165, 1.54) is 0 Å². The second-order valence-electron chi connectivity index (χ2n) is 7.37. The molecule has 0 saturated carbocycles. The zero-order valence-electron chi connectivity index (χ0n) is 15.3. The topological polar surface area (TPSA) is 76.9 Å². The van der Waals surface area contributed by atoms with Crippen molar-refractivity contribution in [1.29, 1.82) is 0 Å². The summed E-state index contributed by atoms with van der Waals surface area (Å²) >= 11 is 0. The average Bonchev–Trinajstić information content (AvgIpc) is 3.34.